The van der Waals surface area contributed by atoms with Crippen molar-refractivity contribution in [3.8, 4) is 5.75 Å². The van der Waals surface area contributed by atoms with Crippen LogP contribution in [0.4, 0.5) is 0 Å². The molecule has 0 aliphatic carbocycles. The summed E-state index contributed by atoms with van der Waals surface area (Å²) in [6, 6.07) is 9.68. The first kappa shape index (κ1) is 19.0. The molecule has 1 aromatic carbocycles. The lowest BCUT2D eigenvalue weighted by Gasteiger charge is -2.07. The summed E-state index contributed by atoms with van der Waals surface area (Å²) in [6.45, 7) is 1.68. The molecule has 0 saturated heterocycles. The second-order valence-electron chi connectivity index (χ2n) is 4.83. The summed E-state index contributed by atoms with van der Waals surface area (Å²) < 4.78 is 10.6. The topological polar surface area (TPSA) is 81.7 Å². The molecule has 0 aliphatic rings. The van der Waals surface area contributed by atoms with Gasteiger partial charge in [-0.1, -0.05) is 11.6 Å². The molecule has 0 saturated carbocycles. The van der Waals surface area contributed by atoms with E-state index in [9.17, 15) is 14.4 Å². The first-order valence-corrected chi connectivity index (χ1v) is 8.64. The smallest absolute Gasteiger partial charge is 0.325 e. The number of amides is 1. The number of esters is 1. The van der Waals surface area contributed by atoms with E-state index in [2.05, 4.69) is 5.32 Å². The van der Waals surface area contributed by atoms with E-state index in [0.717, 1.165) is 11.3 Å². The molecule has 1 aromatic heterocycles. The fourth-order valence-corrected chi connectivity index (χ4v) is 2.82. The Hall–Kier alpha value is -2.38. The summed E-state index contributed by atoms with van der Waals surface area (Å²) in [4.78, 5) is 35.8. The predicted octanol–water partition coefficient (Wildman–Crippen LogP) is 2.96. The first-order valence-electron chi connectivity index (χ1n) is 7.45. The van der Waals surface area contributed by atoms with Crippen molar-refractivity contribution in [1.82, 2.24) is 5.32 Å². The minimum atomic E-state index is -0.699. The number of carbonyl (C=O) groups is 3. The highest BCUT2D eigenvalue weighted by atomic mass is 35.5. The van der Waals surface area contributed by atoms with Gasteiger partial charge in [-0.3, -0.25) is 14.4 Å². The second kappa shape index (κ2) is 9.19. The van der Waals surface area contributed by atoms with E-state index in [-0.39, 0.29) is 12.3 Å². The van der Waals surface area contributed by atoms with Crippen molar-refractivity contribution < 1.29 is 23.9 Å². The molecule has 0 unspecified atom stereocenters. The van der Waals surface area contributed by atoms with Gasteiger partial charge in [-0.25, -0.2) is 0 Å². The maximum Gasteiger partial charge on any atom is 0.325 e. The minimum absolute atomic E-state index is 0.329. The lowest BCUT2D eigenvalue weighted by Crippen LogP contribution is -2.31. The molecule has 8 heteroatoms. The summed E-state index contributed by atoms with van der Waals surface area (Å²) in [7, 11) is 0. The van der Waals surface area contributed by atoms with Crippen molar-refractivity contribution in [1.29, 1.82) is 0 Å². The lowest BCUT2D eigenvalue weighted by molar-refractivity contribution is -0.141. The monoisotopic (exact) mass is 381 g/mol. The zero-order valence-electron chi connectivity index (χ0n) is 13.4. The molecule has 0 fully saturated rings. The maximum absolute atomic E-state index is 11.9. The number of carbonyl (C=O) groups excluding carboxylic acids is 3. The molecule has 1 N–H and O–H groups in total. The Labute approximate surface area is 153 Å². The molecule has 1 heterocycles. The maximum atomic E-state index is 11.9. The molecular weight excluding hydrogens is 366 g/mol. The van der Waals surface area contributed by atoms with Crippen molar-refractivity contribution in [2.75, 3.05) is 19.8 Å². The molecule has 0 bridgehead atoms. The zero-order valence-corrected chi connectivity index (χ0v) is 15.0. The molecule has 25 heavy (non-hydrogen) atoms. The van der Waals surface area contributed by atoms with Gasteiger partial charge in [0.25, 0.3) is 5.91 Å². The number of ether oxygens (including phenoxy) is 2. The number of thiophene rings is 1. The summed E-state index contributed by atoms with van der Waals surface area (Å²) in [5, 5.41) is 2.43. The third kappa shape index (κ3) is 5.88. The third-order valence-electron chi connectivity index (χ3n) is 3.03. The van der Waals surface area contributed by atoms with Crippen molar-refractivity contribution in [2.24, 2.45) is 0 Å². The lowest BCUT2D eigenvalue weighted by atomic mass is 10.2. The van der Waals surface area contributed by atoms with Crippen molar-refractivity contribution in [2.45, 2.75) is 6.92 Å². The van der Waals surface area contributed by atoms with E-state index in [1.807, 2.05) is 6.92 Å². The number of nitrogens with one attached hydrogen (secondary N) is 1. The molecule has 2 rings (SSSR count). The van der Waals surface area contributed by atoms with Crippen LogP contribution in [0.5, 0.6) is 5.75 Å². The number of hydrogen-bond acceptors (Lipinski definition) is 6. The molecule has 0 atom stereocenters. The summed E-state index contributed by atoms with van der Waals surface area (Å²) in [5.74, 6) is -0.805. The average Bonchev–Trinajstić information content (AvgIpc) is 3.05. The van der Waals surface area contributed by atoms with E-state index >= 15 is 0 Å². The van der Waals surface area contributed by atoms with Crippen molar-refractivity contribution >= 4 is 40.6 Å². The molecular formula is C17H16ClNO5S. The first-order chi connectivity index (χ1) is 12.0. The van der Waals surface area contributed by atoms with Crippen LogP contribution in [0.1, 0.15) is 27.0 Å². The van der Waals surface area contributed by atoms with Gasteiger partial charge < -0.3 is 14.8 Å². The largest absolute Gasteiger partial charge is 0.494 e. The second-order valence-corrected chi connectivity index (χ2v) is 6.54. The van der Waals surface area contributed by atoms with Gasteiger partial charge in [-0.2, -0.15) is 0 Å². The standard InChI is InChI=1S/C17H16ClNO5S/c1-2-23-12-5-3-11(4-6-12)17(22)19-9-16(21)24-10-13(20)14-7-8-15(18)25-14/h3-8H,2,9-10H2,1H3,(H,19,22). The van der Waals surface area contributed by atoms with Crippen LogP contribution in [0.3, 0.4) is 0 Å². The van der Waals surface area contributed by atoms with E-state index in [1.54, 1.807) is 36.4 Å². The number of rotatable bonds is 8. The van der Waals surface area contributed by atoms with E-state index < -0.39 is 18.5 Å². The van der Waals surface area contributed by atoms with Crippen LogP contribution >= 0.6 is 22.9 Å². The van der Waals surface area contributed by atoms with Crippen LogP contribution in [-0.2, 0) is 9.53 Å². The van der Waals surface area contributed by atoms with E-state index in [0.29, 0.717) is 27.1 Å². The summed E-state index contributed by atoms with van der Waals surface area (Å²) in [6.07, 6.45) is 0. The van der Waals surface area contributed by atoms with Crippen LogP contribution in [0, 0.1) is 0 Å². The van der Waals surface area contributed by atoms with Gasteiger partial charge in [0.1, 0.15) is 12.3 Å². The van der Waals surface area contributed by atoms with Crippen LogP contribution < -0.4 is 10.1 Å². The summed E-state index contributed by atoms with van der Waals surface area (Å²) >= 11 is 6.85. The SMILES string of the molecule is CCOc1ccc(C(=O)NCC(=O)OCC(=O)c2ccc(Cl)s2)cc1. The normalized spacial score (nSPS) is 10.2. The number of ketones is 1. The fourth-order valence-electron chi connectivity index (χ4n) is 1.86. The Bertz CT molecular complexity index is 757. The van der Waals surface area contributed by atoms with Gasteiger partial charge in [-0.15, -0.1) is 11.3 Å². The third-order valence-corrected chi connectivity index (χ3v) is 4.31. The van der Waals surface area contributed by atoms with E-state index in [1.165, 1.54) is 0 Å². The Kier molecular flexibility index (Phi) is 6.97. The minimum Gasteiger partial charge on any atom is -0.494 e. The highest BCUT2D eigenvalue weighted by molar-refractivity contribution is 7.18. The average molecular weight is 382 g/mol. The fraction of sp³-hybridized carbons (Fsp3) is 0.235. The molecule has 0 radical (unpaired) electrons. The Morgan fingerprint density at radius 1 is 1.12 bits per heavy atom. The van der Waals surface area contributed by atoms with Crippen LogP contribution in [0.2, 0.25) is 4.34 Å². The summed E-state index contributed by atoms with van der Waals surface area (Å²) in [5.41, 5.74) is 0.389. The van der Waals surface area contributed by atoms with Crippen molar-refractivity contribution in [3.63, 3.8) is 0 Å². The van der Waals surface area contributed by atoms with Gasteiger partial charge in [0.05, 0.1) is 15.8 Å². The van der Waals surface area contributed by atoms with Gasteiger partial charge in [0, 0.05) is 5.56 Å². The number of benzene rings is 1. The quantitative estimate of drug-likeness (QED) is 0.561. The van der Waals surface area contributed by atoms with Crippen LogP contribution in [0.25, 0.3) is 0 Å². The molecule has 6 nitrogen and oxygen atoms in total. The zero-order chi connectivity index (χ0) is 18.2. The van der Waals surface area contributed by atoms with Crippen molar-refractivity contribution in [3.05, 3.63) is 51.2 Å². The molecule has 0 aliphatic heterocycles. The van der Waals surface area contributed by atoms with E-state index in [4.69, 9.17) is 21.1 Å². The highest BCUT2D eigenvalue weighted by Gasteiger charge is 2.13. The molecule has 1 amide bonds. The number of Topliss-reactive ketones (excluding diaryl/α,β-unsaturated/α-hetero) is 1. The van der Waals surface area contributed by atoms with Gasteiger partial charge in [-0.05, 0) is 43.3 Å². The molecule has 2 aromatic rings. The number of hydrogen-bond donors (Lipinski definition) is 1. The van der Waals surface area contributed by atoms with Gasteiger partial charge in [0.2, 0.25) is 5.78 Å². The highest BCUT2D eigenvalue weighted by Crippen LogP contribution is 2.21. The van der Waals surface area contributed by atoms with Crippen LogP contribution in [-0.4, -0.2) is 37.4 Å². The molecule has 0 spiro atoms. The predicted molar refractivity (Wildman–Crippen MR) is 94.6 cm³/mol. The van der Waals surface area contributed by atoms with Gasteiger partial charge >= 0.3 is 5.97 Å². The van der Waals surface area contributed by atoms with Gasteiger partial charge in [0.15, 0.2) is 6.61 Å². The molecule has 132 valence electrons. The Balaban J connectivity index is 1.75. The Morgan fingerprint density at radius 3 is 2.44 bits per heavy atom. The Morgan fingerprint density at radius 2 is 1.84 bits per heavy atom. The number of halogens is 1. The van der Waals surface area contributed by atoms with Crippen LogP contribution in [0.15, 0.2) is 36.4 Å².